The van der Waals surface area contributed by atoms with E-state index in [0.717, 1.165) is 73.2 Å². The van der Waals surface area contributed by atoms with Crippen LogP contribution < -0.4 is 0 Å². The van der Waals surface area contributed by atoms with Crippen LogP contribution >= 0.6 is 0 Å². The zero-order valence-electron chi connectivity index (χ0n) is 28.2. The van der Waals surface area contributed by atoms with Gasteiger partial charge in [-0.1, -0.05) is 108 Å². The molecular weight excluding hydrogens is 625 g/mol. The lowest BCUT2D eigenvalue weighted by Gasteiger charge is -2.17. The van der Waals surface area contributed by atoms with E-state index < -0.39 is 0 Å². The molecule has 0 bridgehead atoms. The largest absolute Gasteiger partial charge is 0.309 e. The van der Waals surface area contributed by atoms with Crippen LogP contribution in [0.4, 0.5) is 0 Å². The van der Waals surface area contributed by atoms with Crippen LogP contribution in [0.2, 0.25) is 0 Å². The molecule has 0 radical (unpaired) electrons. The number of rotatable bonds is 5. The van der Waals surface area contributed by atoms with Crippen LogP contribution in [0.5, 0.6) is 0 Å². The molecule has 4 aromatic heterocycles. The van der Waals surface area contributed by atoms with Gasteiger partial charge in [0.25, 0.3) is 0 Å². The molecule has 6 aromatic carbocycles. The lowest BCUT2D eigenvalue weighted by molar-refractivity contribution is 0.960. The fourth-order valence-electron chi connectivity index (χ4n) is 7.45. The number of benzene rings is 6. The summed E-state index contributed by atoms with van der Waals surface area (Å²) < 4.78 is 6.77. The van der Waals surface area contributed by atoms with Crippen LogP contribution in [-0.4, -0.2) is 28.7 Å². The molecular formula is C45H32N6. The number of aryl methyl sites for hydroxylation is 2. The van der Waals surface area contributed by atoms with Gasteiger partial charge >= 0.3 is 0 Å². The highest BCUT2D eigenvalue weighted by atomic mass is 15.2. The molecule has 6 heteroatoms. The van der Waals surface area contributed by atoms with Gasteiger partial charge in [0.15, 0.2) is 0 Å². The first-order chi connectivity index (χ1) is 25.1. The summed E-state index contributed by atoms with van der Waals surface area (Å²) in [6.45, 7) is 4.32. The summed E-state index contributed by atoms with van der Waals surface area (Å²) in [6.07, 6.45) is 0. The molecule has 242 valence electrons. The molecule has 0 fully saturated rings. The van der Waals surface area contributed by atoms with E-state index in [4.69, 9.17) is 15.0 Å². The first kappa shape index (κ1) is 29.2. The molecule has 0 unspecified atom stereocenters. The van der Waals surface area contributed by atoms with E-state index in [0.29, 0.717) is 0 Å². The van der Waals surface area contributed by atoms with E-state index in [9.17, 15) is 0 Å². The smallest absolute Gasteiger partial charge is 0.146 e. The van der Waals surface area contributed by atoms with Crippen molar-refractivity contribution < 1.29 is 0 Å². The summed E-state index contributed by atoms with van der Waals surface area (Å²) in [5.74, 6) is 3.20. The van der Waals surface area contributed by atoms with E-state index in [1.165, 1.54) is 21.9 Å². The second-order valence-corrected chi connectivity index (χ2v) is 13.2. The number of nitrogens with zero attached hydrogens (tertiary/aromatic N) is 6. The average Bonchev–Trinajstić information content (AvgIpc) is 3.85. The number of para-hydroxylation sites is 4. The van der Waals surface area contributed by atoms with Gasteiger partial charge in [0, 0.05) is 34.0 Å². The highest BCUT2D eigenvalue weighted by Gasteiger charge is 2.22. The third-order valence-corrected chi connectivity index (χ3v) is 9.76. The van der Waals surface area contributed by atoms with Crippen LogP contribution in [0.25, 0.3) is 84.0 Å². The first-order valence-corrected chi connectivity index (χ1v) is 17.2. The maximum atomic E-state index is 5.52. The predicted octanol–water partition coefficient (Wildman–Crippen LogP) is 10.8. The van der Waals surface area contributed by atoms with Gasteiger partial charge in [-0.05, 0) is 62.4 Å². The molecule has 0 saturated heterocycles. The quantitative estimate of drug-likeness (QED) is 0.185. The van der Waals surface area contributed by atoms with Gasteiger partial charge in [0.1, 0.15) is 23.3 Å². The average molecular weight is 657 g/mol. The van der Waals surface area contributed by atoms with E-state index in [2.05, 4.69) is 161 Å². The predicted molar refractivity (Wildman–Crippen MR) is 208 cm³/mol. The highest BCUT2D eigenvalue weighted by Crippen LogP contribution is 2.37. The topological polar surface area (TPSA) is 53.5 Å². The SMILES string of the molecule is Cc1ccc2c(c1)c1cc(C)ccc1n2-c1cc(-n2c(-c3ccccc3)nc3ccccc32)nc(-n2c(-c3ccccc3)nc3ccccc32)c1. The normalized spacial score (nSPS) is 11.7. The Balaban J connectivity index is 1.35. The molecule has 0 atom stereocenters. The van der Waals surface area contributed by atoms with Crippen LogP contribution in [-0.2, 0) is 0 Å². The number of pyridine rings is 1. The molecule has 0 amide bonds. The molecule has 10 rings (SSSR count). The van der Waals surface area contributed by atoms with Crippen LogP contribution in [0.15, 0.2) is 158 Å². The molecule has 0 N–H and O–H groups in total. The number of hydrogen-bond donors (Lipinski definition) is 0. The fourth-order valence-corrected chi connectivity index (χ4v) is 7.45. The van der Waals surface area contributed by atoms with E-state index >= 15 is 0 Å². The Morgan fingerprint density at radius 1 is 0.373 bits per heavy atom. The van der Waals surface area contributed by atoms with Crippen molar-refractivity contribution in [2.24, 2.45) is 0 Å². The zero-order valence-corrected chi connectivity index (χ0v) is 28.2. The fraction of sp³-hybridized carbons (Fsp3) is 0.0444. The number of imidazole rings is 2. The molecule has 6 nitrogen and oxygen atoms in total. The van der Waals surface area contributed by atoms with Crippen molar-refractivity contribution in [3.8, 4) is 40.1 Å². The highest BCUT2D eigenvalue weighted by molar-refractivity contribution is 6.09. The summed E-state index contributed by atoms with van der Waals surface area (Å²) in [5, 5.41) is 2.45. The van der Waals surface area contributed by atoms with Crippen molar-refractivity contribution >= 4 is 43.9 Å². The van der Waals surface area contributed by atoms with Crippen molar-refractivity contribution in [2.45, 2.75) is 13.8 Å². The van der Waals surface area contributed by atoms with Crippen molar-refractivity contribution in [1.82, 2.24) is 28.7 Å². The Kier molecular flexibility index (Phi) is 6.51. The van der Waals surface area contributed by atoms with Crippen molar-refractivity contribution in [3.63, 3.8) is 0 Å². The zero-order chi connectivity index (χ0) is 34.1. The summed E-state index contributed by atoms with van der Waals surface area (Å²) >= 11 is 0. The van der Waals surface area contributed by atoms with Crippen LogP contribution in [0.1, 0.15) is 11.1 Å². The van der Waals surface area contributed by atoms with E-state index in [1.54, 1.807) is 0 Å². The maximum Gasteiger partial charge on any atom is 0.146 e. The number of hydrogen-bond acceptors (Lipinski definition) is 3. The minimum absolute atomic E-state index is 0.765. The summed E-state index contributed by atoms with van der Waals surface area (Å²) in [5.41, 5.74) is 11.6. The van der Waals surface area contributed by atoms with Gasteiger partial charge < -0.3 is 4.57 Å². The molecule has 0 aliphatic heterocycles. The first-order valence-electron chi connectivity index (χ1n) is 17.2. The number of aromatic nitrogens is 6. The van der Waals surface area contributed by atoms with Gasteiger partial charge in [-0.2, -0.15) is 0 Å². The van der Waals surface area contributed by atoms with Crippen LogP contribution in [0, 0.1) is 13.8 Å². The molecule has 51 heavy (non-hydrogen) atoms. The third-order valence-electron chi connectivity index (χ3n) is 9.76. The molecule has 0 aliphatic carbocycles. The Bertz CT molecular complexity index is 2740. The molecule has 0 saturated carbocycles. The minimum atomic E-state index is 0.765. The summed E-state index contributed by atoms with van der Waals surface area (Å²) in [4.78, 5) is 15.9. The van der Waals surface area contributed by atoms with Gasteiger partial charge in [-0.15, -0.1) is 0 Å². The second kappa shape index (κ2) is 11.4. The van der Waals surface area contributed by atoms with Crippen molar-refractivity contribution in [2.75, 3.05) is 0 Å². The van der Waals surface area contributed by atoms with E-state index in [-0.39, 0.29) is 0 Å². The summed E-state index contributed by atoms with van der Waals surface area (Å²) in [7, 11) is 0. The standard InChI is InChI=1S/C45H32N6/c1-29-21-23-38-34(25-29)35-26-30(2)22-24-39(35)49(38)33-27-42(50-40-19-11-9-17-36(40)46-44(50)31-13-5-3-6-14-31)48-43(28-33)51-41-20-12-10-18-37(41)47-45(51)32-15-7-4-8-16-32/h3-28H,1-2H3. The van der Waals surface area contributed by atoms with Gasteiger partial charge in [-0.3, -0.25) is 9.13 Å². The monoisotopic (exact) mass is 656 g/mol. The molecule has 4 heterocycles. The summed E-state index contributed by atoms with van der Waals surface area (Å²) in [6, 6.07) is 55.2. The van der Waals surface area contributed by atoms with Gasteiger partial charge in [-0.25, -0.2) is 15.0 Å². The van der Waals surface area contributed by atoms with Gasteiger partial charge in [0.2, 0.25) is 0 Å². The maximum absolute atomic E-state index is 5.52. The minimum Gasteiger partial charge on any atom is -0.309 e. The van der Waals surface area contributed by atoms with Crippen molar-refractivity contribution in [1.29, 1.82) is 0 Å². The Morgan fingerprint density at radius 3 is 1.27 bits per heavy atom. The third kappa shape index (κ3) is 4.68. The molecule has 0 aliphatic rings. The lowest BCUT2D eigenvalue weighted by atomic mass is 10.1. The van der Waals surface area contributed by atoms with Gasteiger partial charge in [0.05, 0.1) is 38.8 Å². The Hall–Kier alpha value is -6.79. The van der Waals surface area contributed by atoms with Crippen molar-refractivity contribution in [3.05, 3.63) is 169 Å². The van der Waals surface area contributed by atoms with E-state index in [1.807, 2.05) is 24.3 Å². The molecule has 0 spiro atoms. The second-order valence-electron chi connectivity index (χ2n) is 13.2. The number of fused-ring (bicyclic) bond motifs is 5. The van der Waals surface area contributed by atoms with Crippen LogP contribution in [0.3, 0.4) is 0 Å². The molecule has 10 aromatic rings. The lowest BCUT2D eigenvalue weighted by Crippen LogP contribution is -2.08. The Morgan fingerprint density at radius 2 is 0.804 bits per heavy atom. The Labute approximate surface area is 294 Å².